The molecule has 27 heavy (non-hydrogen) atoms. The van der Waals surface area contributed by atoms with Gasteiger partial charge in [-0.3, -0.25) is 25.2 Å². The van der Waals surface area contributed by atoms with E-state index in [2.05, 4.69) is 16.2 Å². The van der Waals surface area contributed by atoms with Gasteiger partial charge in [0.1, 0.15) is 0 Å². The third kappa shape index (κ3) is 4.84. The van der Waals surface area contributed by atoms with Gasteiger partial charge in [0.15, 0.2) is 0 Å². The van der Waals surface area contributed by atoms with Crippen LogP contribution in [0.1, 0.15) is 48.9 Å². The van der Waals surface area contributed by atoms with E-state index in [0.29, 0.717) is 24.1 Å². The summed E-state index contributed by atoms with van der Waals surface area (Å²) in [6, 6.07) is 6.30. The Labute approximate surface area is 156 Å². The Morgan fingerprint density at radius 3 is 2.04 bits per heavy atom. The molecular formula is C19H22N3O5-. The average Bonchev–Trinajstić information content (AvgIpc) is 3.51. The molecule has 8 heteroatoms. The molecule has 3 rings (SSSR count). The normalized spacial score (nSPS) is 21.8. The number of rotatable bonds is 5. The van der Waals surface area contributed by atoms with Crippen molar-refractivity contribution < 1.29 is 24.3 Å². The van der Waals surface area contributed by atoms with Crippen LogP contribution in [0.25, 0.3) is 0 Å². The Hall–Kier alpha value is -2.90. The third-order valence-electron chi connectivity index (χ3n) is 5.07. The maximum absolute atomic E-state index is 12.2. The molecule has 2 aliphatic carbocycles. The molecule has 144 valence electrons. The second kappa shape index (κ2) is 8.20. The summed E-state index contributed by atoms with van der Waals surface area (Å²) in [6.07, 6.45) is 4.19. The van der Waals surface area contributed by atoms with Crippen molar-refractivity contribution in [1.29, 1.82) is 0 Å². The number of amides is 3. The quantitative estimate of drug-likeness (QED) is 0.643. The molecule has 0 aliphatic heterocycles. The molecule has 1 aromatic carbocycles. The van der Waals surface area contributed by atoms with Gasteiger partial charge in [0.2, 0.25) is 11.8 Å². The number of benzene rings is 1. The smallest absolute Gasteiger partial charge is 0.269 e. The fraction of sp³-hybridized carbons (Fsp3) is 0.474. The van der Waals surface area contributed by atoms with Crippen LogP contribution in [-0.2, 0) is 14.4 Å². The van der Waals surface area contributed by atoms with E-state index in [1.165, 1.54) is 12.1 Å². The Balaban J connectivity index is 1.51. The number of carbonyl (C=O) groups excluding carboxylic acids is 4. The molecule has 0 unspecified atom stereocenters. The van der Waals surface area contributed by atoms with Gasteiger partial charge >= 0.3 is 0 Å². The molecule has 0 heterocycles. The van der Waals surface area contributed by atoms with Gasteiger partial charge in [0, 0.05) is 35.0 Å². The van der Waals surface area contributed by atoms with Gasteiger partial charge in [-0.25, -0.2) is 0 Å². The number of hydrogen-bond acceptors (Lipinski definition) is 5. The second-order valence-electron chi connectivity index (χ2n) is 7.10. The predicted octanol–water partition coefficient (Wildman–Crippen LogP) is 0.352. The van der Waals surface area contributed by atoms with Crippen molar-refractivity contribution >= 4 is 29.4 Å². The van der Waals surface area contributed by atoms with Crippen LogP contribution in [0.15, 0.2) is 24.3 Å². The maximum atomic E-state index is 12.2. The Morgan fingerprint density at radius 2 is 1.44 bits per heavy atom. The first-order valence-corrected chi connectivity index (χ1v) is 9.17. The van der Waals surface area contributed by atoms with Crippen molar-refractivity contribution in [3.63, 3.8) is 0 Å². The van der Waals surface area contributed by atoms with Crippen LogP contribution in [0.4, 0.5) is 5.69 Å². The lowest BCUT2D eigenvalue weighted by molar-refractivity contribution is -0.314. The topological polar surface area (TPSA) is 127 Å². The zero-order chi connectivity index (χ0) is 19.4. The molecule has 8 nitrogen and oxygen atoms in total. The summed E-state index contributed by atoms with van der Waals surface area (Å²) in [4.78, 5) is 47.3. The fourth-order valence-corrected chi connectivity index (χ4v) is 3.30. The van der Waals surface area contributed by atoms with Crippen LogP contribution >= 0.6 is 0 Å². The Bertz CT molecular complexity index is 742. The molecule has 2 fully saturated rings. The summed E-state index contributed by atoms with van der Waals surface area (Å²) in [5, 5.41) is 14.0. The third-order valence-corrected chi connectivity index (χ3v) is 5.07. The van der Waals surface area contributed by atoms with Crippen molar-refractivity contribution in [3.05, 3.63) is 29.8 Å². The van der Waals surface area contributed by atoms with Gasteiger partial charge < -0.3 is 15.2 Å². The van der Waals surface area contributed by atoms with E-state index in [-0.39, 0.29) is 11.8 Å². The van der Waals surface area contributed by atoms with Crippen LogP contribution in [-0.4, -0.2) is 23.7 Å². The van der Waals surface area contributed by atoms with E-state index < -0.39 is 29.6 Å². The second-order valence-corrected chi connectivity index (χ2v) is 7.10. The van der Waals surface area contributed by atoms with E-state index in [1.807, 2.05) is 0 Å². The van der Waals surface area contributed by atoms with Gasteiger partial charge in [-0.2, -0.15) is 0 Å². The van der Waals surface area contributed by atoms with Crippen molar-refractivity contribution in [2.24, 2.45) is 17.8 Å². The minimum Gasteiger partial charge on any atom is -0.550 e. The highest BCUT2D eigenvalue weighted by atomic mass is 16.4. The molecule has 2 aliphatic rings. The summed E-state index contributed by atoms with van der Waals surface area (Å²) < 4.78 is 0. The monoisotopic (exact) mass is 372 g/mol. The van der Waals surface area contributed by atoms with Crippen LogP contribution in [0.2, 0.25) is 0 Å². The minimum absolute atomic E-state index is 0.0191. The van der Waals surface area contributed by atoms with Crippen LogP contribution in [0.3, 0.4) is 0 Å². The average molecular weight is 372 g/mol. The molecule has 0 radical (unpaired) electrons. The first-order valence-electron chi connectivity index (χ1n) is 9.17. The molecule has 0 saturated heterocycles. The summed E-state index contributed by atoms with van der Waals surface area (Å²) >= 11 is 0. The SMILES string of the molecule is O=C(NNC(=O)[C@@H]1CCCC[C@@H]1C(=O)[O-])c1ccc(NC(=O)C2CC2)cc1. The first-order chi connectivity index (χ1) is 13.0. The zero-order valence-corrected chi connectivity index (χ0v) is 14.8. The lowest BCUT2D eigenvalue weighted by atomic mass is 9.79. The minimum atomic E-state index is -1.23. The summed E-state index contributed by atoms with van der Waals surface area (Å²) in [6.45, 7) is 0. The van der Waals surface area contributed by atoms with Crippen LogP contribution in [0, 0.1) is 17.8 Å². The van der Waals surface area contributed by atoms with Crippen molar-refractivity contribution in [2.75, 3.05) is 5.32 Å². The lowest BCUT2D eigenvalue weighted by Crippen LogP contribution is -2.49. The summed E-state index contributed by atoms with van der Waals surface area (Å²) in [5.74, 6) is -3.74. The molecule has 0 spiro atoms. The Kier molecular flexibility index (Phi) is 5.73. The lowest BCUT2D eigenvalue weighted by Gasteiger charge is -2.31. The first kappa shape index (κ1) is 18.9. The van der Waals surface area contributed by atoms with Gasteiger partial charge in [0.05, 0.1) is 0 Å². The highest BCUT2D eigenvalue weighted by Crippen LogP contribution is 2.30. The van der Waals surface area contributed by atoms with Crippen molar-refractivity contribution in [2.45, 2.75) is 38.5 Å². The molecule has 0 aromatic heterocycles. The number of carboxylic acid groups (broad SMARTS) is 1. The number of carbonyl (C=O) groups is 4. The molecular weight excluding hydrogens is 350 g/mol. The molecule has 3 amide bonds. The fourth-order valence-electron chi connectivity index (χ4n) is 3.30. The number of anilines is 1. The highest BCUT2D eigenvalue weighted by Gasteiger charge is 2.32. The molecule has 3 N–H and O–H groups in total. The summed E-state index contributed by atoms with van der Waals surface area (Å²) in [5.41, 5.74) is 5.52. The van der Waals surface area contributed by atoms with E-state index >= 15 is 0 Å². The van der Waals surface area contributed by atoms with E-state index in [0.717, 1.165) is 25.7 Å². The molecule has 0 bridgehead atoms. The van der Waals surface area contributed by atoms with Crippen molar-refractivity contribution in [1.82, 2.24) is 10.9 Å². The standard InChI is InChI=1S/C19H23N3O5/c23-16(11-5-6-11)20-13-9-7-12(8-10-13)17(24)21-22-18(25)14-3-1-2-4-15(14)19(26)27/h7-11,14-15H,1-6H2,(H,20,23)(H,21,24)(H,22,25)(H,26,27)/p-1/t14-,15+/m1/s1. The number of hydrogen-bond donors (Lipinski definition) is 3. The number of aliphatic carboxylic acids is 1. The van der Waals surface area contributed by atoms with E-state index in [9.17, 15) is 24.3 Å². The zero-order valence-electron chi connectivity index (χ0n) is 14.8. The highest BCUT2D eigenvalue weighted by molar-refractivity contribution is 5.97. The molecule has 2 saturated carbocycles. The van der Waals surface area contributed by atoms with Gasteiger partial charge in [-0.15, -0.1) is 0 Å². The van der Waals surface area contributed by atoms with Crippen LogP contribution < -0.4 is 21.3 Å². The number of carboxylic acids is 1. The Morgan fingerprint density at radius 1 is 0.815 bits per heavy atom. The van der Waals surface area contributed by atoms with Gasteiger partial charge in [0.25, 0.3) is 5.91 Å². The van der Waals surface area contributed by atoms with Gasteiger partial charge in [-0.1, -0.05) is 12.8 Å². The van der Waals surface area contributed by atoms with Crippen LogP contribution in [0.5, 0.6) is 0 Å². The van der Waals surface area contributed by atoms with E-state index in [1.54, 1.807) is 12.1 Å². The van der Waals surface area contributed by atoms with Gasteiger partial charge in [-0.05, 0) is 49.9 Å². The van der Waals surface area contributed by atoms with Crippen molar-refractivity contribution in [3.8, 4) is 0 Å². The largest absolute Gasteiger partial charge is 0.550 e. The summed E-state index contributed by atoms with van der Waals surface area (Å²) in [7, 11) is 0. The molecule has 1 aromatic rings. The molecule has 2 atom stereocenters. The number of nitrogens with one attached hydrogen (secondary N) is 3. The maximum Gasteiger partial charge on any atom is 0.269 e. The van der Waals surface area contributed by atoms with E-state index in [4.69, 9.17) is 0 Å². The number of hydrazine groups is 1. The predicted molar refractivity (Wildman–Crippen MR) is 93.9 cm³/mol.